The summed E-state index contributed by atoms with van der Waals surface area (Å²) < 4.78 is 51.0. The maximum Gasteiger partial charge on any atom is 0.206 e. The van der Waals surface area contributed by atoms with Crippen molar-refractivity contribution in [1.29, 1.82) is 0 Å². The summed E-state index contributed by atoms with van der Waals surface area (Å²) in [5.74, 6) is 1.30. The first kappa shape index (κ1) is 26.9. The van der Waals surface area contributed by atoms with Gasteiger partial charge in [0.1, 0.15) is 24.2 Å². The fourth-order valence-electron chi connectivity index (χ4n) is 4.24. The van der Waals surface area contributed by atoms with E-state index in [1.165, 1.54) is 0 Å². The Balaban J connectivity index is 1.81. The predicted octanol–water partition coefficient (Wildman–Crippen LogP) is 5.34. The molecule has 37 heavy (non-hydrogen) atoms. The molecule has 0 bridgehead atoms. The molecule has 2 aromatic rings. The molecule has 2 aromatic carbocycles. The number of rotatable bonds is 15. The number of hydrogen-bond acceptors (Lipinski definition) is 6. The van der Waals surface area contributed by atoms with Gasteiger partial charge in [0.15, 0.2) is 0 Å². The molecule has 7 heteroatoms. The van der Waals surface area contributed by atoms with Gasteiger partial charge in [-0.2, -0.15) is 0 Å². The van der Waals surface area contributed by atoms with Crippen molar-refractivity contribution in [2.24, 2.45) is 0 Å². The van der Waals surface area contributed by atoms with Crippen molar-refractivity contribution in [1.82, 2.24) is 0 Å². The minimum absolute atomic E-state index is 0.0780. The van der Waals surface area contributed by atoms with Gasteiger partial charge in [-0.05, 0) is 72.2 Å². The lowest BCUT2D eigenvalue weighted by Crippen LogP contribution is -2.33. The Morgan fingerprint density at radius 3 is 1.57 bits per heavy atom. The third kappa shape index (κ3) is 6.24. The number of benzene rings is 2. The molecule has 2 unspecified atom stereocenters. The molecule has 0 N–H and O–H groups in total. The summed E-state index contributed by atoms with van der Waals surface area (Å²) in [5, 5.41) is 0. The first-order chi connectivity index (χ1) is 17.9. The molecule has 0 aromatic heterocycles. The summed E-state index contributed by atoms with van der Waals surface area (Å²) in [4.78, 5) is 0.388. The monoisotopic (exact) mass is 522 g/mol. The van der Waals surface area contributed by atoms with E-state index >= 15 is 0 Å². The average Bonchev–Trinajstić information content (AvgIpc) is 3.67. The Bertz CT molecular complexity index is 1220. The van der Waals surface area contributed by atoms with Gasteiger partial charge in [0.05, 0.1) is 23.0 Å². The number of ether oxygens (including phenoxy) is 4. The zero-order valence-electron chi connectivity index (χ0n) is 21.1. The molecule has 6 nitrogen and oxygen atoms in total. The molecule has 0 radical (unpaired) electrons. The molecule has 0 aliphatic carbocycles. The highest BCUT2D eigenvalue weighted by Gasteiger charge is 2.28. The molecule has 2 fully saturated rings. The molecule has 0 amide bonds. The molecular weight excluding hydrogens is 488 g/mol. The topological polar surface area (TPSA) is 74.4 Å². The average molecular weight is 523 g/mol. The molecule has 2 aliphatic heterocycles. The minimum Gasteiger partial charge on any atom is -0.490 e. The number of allylic oxidation sites excluding steroid dienone is 4. The van der Waals surface area contributed by atoms with E-state index in [2.05, 4.69) is 26.3 Å². The van der Waals surface area contributed by atoms with Crippen LogP contribution in [0.2, 0.25) is 0 Å². The van der Waals surface area contributed by atoms with Crippen LogP contribution in [-0.2, 0) is 45.0 Å². The molecule has 196 valence electrons. The Morgan fingerprint density at radius 2 is 1.22 bits per heavy atom. The Kier molecular flexibility index (Phi) is 8.69. The number of hydrogen-bond donors (Lipinski definition) is 0. The summed E-state index contributed by atoms with van der Waals surface area (Å²) >= 11 is 0. The number of epoxide rings is 1. The van der Waals surface area contributed by atoms with Crippen molar-refractivity contribution in [2.75, 3.05) is 19.8 Å². The van der Waals surface area contributed by atoms with Crippen LogP contribution in [0.25, 0.3) is 0 Å². The van der Waals surface area contributed by atoms with Gasteiger partial charge in [0.2, 0.25) is 16.1 Å². The smallest absolute Gasteiger partial charge is 0.206 e. The van der Waals surface area contributed by atoms with Crippen molar-refractivity contribution in [3.05, 3.63) is 97.1 Å². The SMILES string of the molecule is C=CCc1cc(S(=O)(=O)c2cc(CC=C)c(OC3CCO3)c(CC=C)c2)cc(CC=C)c1OCC1CO1. The maximum atomic E-state index is 14.0. The molecular formula is C30H34O6S. The van der Waals surface area contributed by atoms with Gasteiger partial charge in [-0.15, -0.1) is 26.3 Å². The van der Waals surface area contributed by atoms with Crippen molar-refractivity contribution in [3.8, 4) is 11.5 Å². The van der Waals surface area contributed by atoms with E-state index in [9.17, 15) is 8.42 Å². The first-order valence-corrected chi connectivity index (χ1v) is 13.9. The van der Waals surface area contributed by atoms with Crippen LogP contribution in [0.3, 0.4) is 0 Å². The highest BCUT2D eigenvalue weighted by molar-refractivity contribution is 7.91. The van der Waals surface area contributed by atoms with Crippen LogP contribution in [0.1, 0.15) is 28.7 Å². The summed E-state index contributed by atoms with van der Waals surface area (Å²) in [6, 6.07) is 6.71. The fraction of sp³-hybridized carbons (Fsp3) is 0.333. The molecule has 2 aliphatic rings. The molecule has 0 spiro atoms. The van der Waals surface area contributed by atoms with E-state index in [0.717, 1.165) is 28.7 Å². The van der Waals surface area contributed by atoms with Gasteiger partial charge in [0, 0.05) is 6.42 Å². The van der Waals surface area contributed by atoms with Gasteiger partial charge in [-0.1, -0.05) is 24.3 Å². The number of sulfone groups is 1. The zero-order valence-corrected chi connectivity index (χ0v) is 21.9. The normalized spacial score (nSPS) is 18.4. The predicted molar refractivity (Wildman–Crippen MR) is 144 cm³/mol. The second kappa shape index (κ2) is 11.9. The quantitative estimate of drug-likeness (QED) is 0.232. The molecule has 2 atom stereocenters. The van der Waals surface area contributed by atoms with E-state index in [4.69, 9.17) is 18.9 Å². The second-order valence-electron chi connectivity index (χ2n) is 9.09. The van der Waals surface area contributed by atoms with E-state index in [-0.39, 0.29) is 22.2 Å². The third-order valence-corrected chi connectivity index (χ3v) is 7.95. The van der Waals surface area contributed by atoms with Crippen molar-refractivity contribution < 1.29 is 27.4 Å². The van der Waals surface area contributed by atoms with Crippen molar-refractivity contribution >= 4 is 9.84 Å². The van der Waals surface area contributed by atoms with Gasteiger partial charge in [-0.25, -0.2) is 8.42 Å². The van der Waals surface area contributed by atoms with E-state index in [0.29, 0.717) is 57.0 Å². The molecule has 2 saturated heterocycles. The van der Waals surface area contributed by atoms with Crippen LogP contribution in [0, 0.1) is 0 Å². The van der Waals surface area contributed by atoms with Crippen LogP contribution < -0.4 is 9.47 Å². The zero-order chi connectivity index (χ0) is 26.4. The third-order valence-electron chi connectivity index (χ3n) is 6.23. The molecule has 0 saturated carbocycles. The summed E-state index contributed by atoms with van der Waals surface area (Å²) in [6.45, 7) is 17.1. The molecule has 4 rings (SSSR count). The van der Waals surface area contributed by atoms with Crippen LogP contribution in [0.4, 0.5) is 0 Å². The van der Waals surface area contributed by atoms with Gasteiger partial charge in [-0.3, -0.25) is 0 Å². The van der Waals surface area contributed by atoms with Crippen LogP contribution in [0.5, 0.6) is 11.5 Å². The lowest BCUT2D eigenvalue weighted by molar-refractivity contribution is -0.165. The Labute approximate surface area is 219 Å². The Hall–Kier alpha value is -3.13. The first-order valence-electron chi connectivity index (χ1n) is 12.4. The van der Waals surface area contributed by atoms with Gasteiger partial charge in [0.25, 0.3) is 0 Å². The van der Waals surface area contributed by atoms with Crippen LogP contribution in [-0.4, -0.2) is 40.6 Å². The van der Waals surface area contributed by atoms with Crippen LogP contribution in [0.15, 0.2) is 84.7 Å². The van der Waals surface area contributed by atoms with E-state index in [1.54, 1.807) is 48.6 Å². The lowest BCUT2D eigenvalue weighted by Gasteiger charge is -2.29. The van der Waals surface area contributed by atoms with Gasteiger partial charge < -0.3 is 18.9 Å². The minimum atomic E-state index is -3.88. The highest BCUT2D eigenvalue weighted by atomic mass is 32.2. The van der Waals surface area contributed by atoms with E-state index in [1.807, 2.05) is 0 Å². The maximum absolute atomic E-state index is 14.0. The molecule has 2 heterocycles. The highest BCUT2D eigenvalue weighted by Crippen LogP contribution is 2.37. The van der Waals surface area contributed by atoms with E-state index < -0.39 is 9.84 Å². The fourth-order valence-corrected chi connectivity index (χ4v) is 5.70. The second-order valence-corrected chi connectivity index (χ2v) is 11.0. The lowest BCUT2D eigenvalue weighted by atomic mass is 10.0. The van der Waals surface area contributed by atoms with Crippen LogP contribution >= 0.6 is 0 Å². The van der Waals surface area contributed by atoms with Crippen molar-refractivity contribution in [3.63, 3.8) is 0 Å². The summed E-state index contributed by atoms with van der Waals surface area (Å²) in [5.41, 5.74) is 3.00. The summed E-state index contributed by atoms with van der Waals surface area (Å²) in [6.07, 6.45) is 9.32. The largest absolute Gasteiger partial charge is 0.490 e. The Morgan fingerprint density at radius 1 is 0.784 bits per heavy atom. The standard InChI is InChI=1S/C30H34O6S/c1-5-9-21-15-26(16-22(10-6-2)29(21)35-20-25-19-34-25)37(31,32)27-17-23(11-7-3)30(24(18-27)12-8-4)36-28-13-14-33-28/h5-8,15-18,25,28H,1-4,9-14,19-20H2. The van der Waals surface area contributed by atoms with Crippen molar-refractivity contribution in [2.45, 2.75) is 54.3 Å². The van der Waals surface area contributed by atoms with Gasteiger partial charge >= 0.3 is 0 Å². The summed E-state index contributed by atoms with van der Waals surface area (Å²) in [7, 11) is -3.88.